The Bertz CT molecular complexity index is 186. The van der Waals surface area contributed by atoms with E-state index in [-0.39, 0.29) is 6.61 Å². The second kappa shape index (κ2) is 9.48. The van der Waals surface area contributed by atoms with Gasteiger partial charge in [-0.05, 0) is 32.4 Å². The van der Waals surface area contributed by atoms with E-state index < -0.39 is 6.03 Å². The van der Waals surface area contributed by atoms with Gasteiger partial charge in [0.15, 0.2) is 0 Å². The van der Waals surface area contributed by atoms with Crippen LogP contribution in [0.5, 0.6) is 0 Å². The molecule has 0 fully saturated rings. The topological polar surface area (TPSA) is 78.6 Å². The Morgan fingerprint density at radius 3 is 2.60 bits per heavy atom. The molecule has 5 heteroatoms. The minimum absolute atomic E-state index is 0.244. The van der Waals surface area contributed by atoms with Gasteiger partial charge in [0.2, 0.25) is 0 Å². The summed E-state index contributed by atoms with van der Waals surface area (Å²) in [5.41, 5.74) is 5.10. The summed E-state index contributed by atoms with van der Waals surface area (Å²) in [6.45, 7) is 6.06. The second-order valence-corrected chi connectivity index (χ2v) is 3.25. The van der Waals surface area contributed by atoms with E-state index in [1.54, 1.807) is 0 Å². The normalized spacial score (nSPS) is 9.93. The number of hydrogen-bond donors (Lipinski definition) is 3. The molecule has 0 radical (unpaired) electrons. The van der Waals surface area contributed by atoms with Crippen molar-refractivity contribution in [2.45, 2.75) is 19.3 Å². The number of carbonyl (C=O) groups excluding carboxylic acids is 1. The minimum Gasteiger partial charge on any atom is -0.396 e. The highest BCUT2D eigenvalue weighted by molar-refractivity contribution is 5.72. The Hall–Kier alpha value is -1.07. The molecule has 0 saturated carbocycles. The number of rotatable bonds is 9. The first kappa shape index (κ1) is 13.9. The molecule has 0 aliphatic carbocycles. The lowest BCUT2D eigenvalue weighted by Gasteiger charge is -2.14. The Morgan fingerprint density at radius 2 is 2.07 bits per heavy atom. The number of aliphatic hydroxyl groups excluding tert-OH is 1. The fourth-order valence-electron chi connectivity index (χ4n) is 1.15. The van der Waals surface area contributed by atoms with Crippen LogP contribution in [0.3, 0.4) is 0 Å². The lowest BCUT2D eigenvalue weighted by atomic mass is 10.3. The van der Waals surface area contributed by atoms with Crippen molar-refractivity contribution in [2.24, 2.45) is 5.73 Å². The van der Waals surface area contributed by atoms with Crippen molar-refractivity contribution in [3.05, 3.63) is 12.8 Å². The number of nitrogens with zero attached hydrogens (tertiary/aromatic N) is 1. The molecule has 15 heavy (non-hydrogen) atoms. The molecule has 0 heterocycles. The van der Waals surface area contributed by atoms with E-state index in [2.05, 4.69) is 11.9 Å². The van der Waals surface area contributed by atoms with Gasteiger partial charge in [-0.1, -0.05) is 6.58 Å². The van der Waals surface area contributed by atoms with Crippen molar-refractivity contribution >= 4 is 6.03 Å². The van der Waals surface area contributed by atoms with Crippen LogP contribution in [0.2, 0.25) is 0 Å². The van der Waals surface area contributed by atoms with Gasteiger partial charge in [0.1, 0.15) is 0 Å². The molecular formula is C10H21N3O2. The Labute approximate surface area is 90.9 Å². The fourth-order valence-corrected chi connectivity index (χ4v) is 1.15. The van der Waals surface area contributed by atoms with Crippen LogP contribution in [0.1, 0.15) is 19.3 Å². The maximum atomic E-state index is 10.8. The number of carbonyl (C=O) groups is 1. The number of nitrogens with one attached hydrogen (secondary N) is 1. The summed E-state index contributed by atoms with van der Waals surface area (Å²) in [5, 5.41) is 11.8. The van der Waals surface area contributed by atoms with Gasteiger partial charge in [-0.15, -0.1) is 0 Å². The zero-order valence-electron chi connectivity index (χ0n) is 9.11. The molecule has 0 aromatic carbocycles. The van der Waals surface area contributed by atoms with Crippen molar-refractivity contribution in [1.29, 1.82) is 0 Å². The number of urea groups is 1. The van der Waals surface area contributed by atoms with Crippen molar-refractivity contribution in [3.8, 4) is 0 Å². The predicted octanol–water partition coefficient (Wildman–Crippen LogP) is 0.263. The molecule has 0 aromatic heterocycles. The second-order valence-electron chi connectivity index (χ2n) is 3.25. The van der Waals surface area contributed by atoms with E-state index in [1.807, 2.05) is 0 Å². The molecule has 5 nitrogen and oxygen atoms in total. The molecule has 0 rings (SSSR count). The quantitative estimate of drug-likeness (QED) is 0.483. The molecule has 4 N–H and O–H groups in total. The first-order valence-corrected chi connectivity index (χ1v) is 5.22. The predicted molar refractivity (Wildman–Crippen MR) is 60.3 cm³/mol. The molecule has 0 unspecified atom stereocenters. The molecule has 88 valence electrons. The maximum Gasteiger partial charge on any atom is 0.318 e. The highest BCUT2D eigenvalue weighted by Gasteiger charge is 2.03. The van der Waals surface area contributed by atoms with Crippen LogP contribution in [0.25, 0.3) is 0 Å². The van der Waals surface area contributed by atoms with Gasteiger partial charge in [-0.3, -0.25) is 0 Å². The highest BCUT2D eigenvalue weighted by Crippen LogP contribution is 1.91. The fraction of sp³-hybridized carbons (Fsp3) is 0.700. The molecule has 0 aliphatic heterocycles. The van der Waals surface area contributed by atoms with E-state index in [0.29, 0.717) is 6.54 Å². The lowest BCUT2D eigenvalue weighted by Crippen LogP contribution is -2.33. The summed E-state index contributed by atoms with van der Waals surface area (Å²) >= 11 is 0. The van der Waals surface area contributed by atoms with Crippen LogP contribution in [-0.4, -0.2) is 42.3 Å². The monoisotopic (exact) mass is 215 g/mol. The molecular weight excluding hydrogens is 194 g/mol. The van der Waals surface area contributed by atoms with Crippen molar-refractivity contribution in [3.63, 3.8) is 0 Å². The van der Waals surface area contributed by atoms with Crippen LogP contribution in [0.4, 0.5) is 4.79 Å². The van der Waals surface area contributed by atoms with Crippen molar-refractivity contribution in [2.75, 3.05) is 26.2 Å². The van der Waals surface area contributed by atoms with Crippen LogP contribution >= 0.6 is 0 Å². The number of aliphatic hydroxyl groups is 1. The van der Waals surface area contributed by atoms with Crippen molar-refractivity contribution in [1.82, 2.24) is 10.2 Å². The standard InChI is InChI=1S/C10H21N3O2/c1-2-13(10(11)15)8-5-7-12-6-3-4-9-14/h2,12,14H,1,3-9H2,(H2,11,15). The first-order valence-electron chi connectivity index (χ1n) is 5.22. The summed E-state index contributed by atoms with van der Waals surface area (Å²) in [5.74, 6) is 0. The maximum absolute atomic E-state index is 10.8. The van der Waals surface area contributed by atoms with E-state index in [4.69, 9.17) is 10.8 Å². The number of amides is 2. The van der Waals surface area contributed by atoms with E-state index >= 15 is 0 Å². The Morgan fingerprint density at radius 1 is 1.40 bits per heavy atom. The molecule has 0 atom stereocenters. The first-order chi connectivity index (χ1) is 7.22. The van der Waals surface area contributed by atoms with Gasteiger partial charge in [0, 0.05) is 19.4 Å². The summed E-state index contributed by atoms with van der Waals surface area (Å²) in [4.78, 5) is 12.1. The molecule has 0 saturated heterocycles. The number of nitrogens with two attached hydrogens (primary N) is 1. The molecule has 2 amide bonds. The highest BCUT2D eigenvalue weighted by atomic mass is 16.2. The van der Waals surface area contributed by atoms with Crippen LogP contribution in [0, 0.1) is 0 Å². The third kappa shape index (κ3) is 7.96. The van der Waals surface area contributed by atoms with Gasteiger partial charge in [-0.2, -0.15) is 0 Å². The smallest absolute Gasteiger partial charge is 0.318 e. The zero-order valence-corrected chi connectivity index (χ0v) is 9.11. The number of primary amides is 1. The average molecular weight is 215 g/mol. The van der Waals surface area contributed by atoms with Crippen LogP contribution < -0.4 is 11.1 Å². The molecule has 0 bridgehead atoms. The minimum atomic E-state index is -0.467. The van der Waals surface area contributed by atoms with Gasteiger partial charge in [0.25, 0.3) is 0 Å². The zero-order chi connectivity index (χ0) is 11.5. The van der Waals surface area contributed by atoms with Crippen LogP contribution in [0.15, 0.2) is 12.8 Å². The third-order valence-corrected chi connectivity index (χ3v) is 2.02. The third-order valence-electron chi connectivity index (χ3n) is 2.02. The van der Waals surface area contributed by atoms with Crippen LogP contribution in [-0.2, 0) is 0 Å². The number of unbranched alkanes of at least 4 members (excludes halogenated alkanes) is 1. The molecule has 0 aliphatic rings. The Balaban J connectivity index is 3.29. The average Bonchev–Trinajstić information content (AvgIpc) is 2.21. The summed E-state index contributed by atoms with van der Waals surface area (Å²) in [6, 6.07) is -0.467. The molecule has 0 spiro atoms. The van der Waals surface area contributed by atoms with Gasteiger partial charge < -0.3 is 21.1 Å². The summed E-state index contributed by atoms with van der Waals surface area (Å²) in [6.07, 6.45) is 4.08. The van der Waals surface area contributed by atoms with E-state index in [9.17, 15) is 4.79 Å². The summed E-state index contributed by atoms with van der Waals surface area (Å²) in [7, 11) is 0. The lowest BCUT2D eigenvalue weighted by molar-refractivity contribution is 0.224. The Kier molecular flexibility index (Phi) is 8.81. The van der Waals surface area contributed by atoms with E-state index in [0.717, 1.165) is 32.4 Å². The van der Waals surface area contributed by atoms with Gasteiger partial charge >= 0.3 is 6.03 Å². The summed E-state index contributed by atoms with van der Waals surface area (Å²) < 4.78 is 0. The van der Waals surface area contributed by atoms with Gasteiger partial charge in [0.05, 0.1) is 0 Å². The van der Waals surface area contributed by atoms with E-state index in [1.165, 1.54) is 11.1 Å². The van der Waals surface area contributed by atoms with Crippen molar-refractivity contribution < 1.29 is 9.90 Å². The molecule has 0 aromatic rings. The SMILES string of the molecule is C=CN(CCCNCCCCO)C(N)=O. The largest absolute Gasteiger partial charge is 0.396 e. The van der Waals surface area contributed by atoms with Gasteiger partial charge in [-0.25, -0.2) is 4.79 Å². The number of hydrogen-bond acceptors (Lipinski definition) is 3.